The summed E-state index contributed by atoms with van der Waals surface area (Å²) in [6.45, 7) is 0.404. The molecule has 1 N–H and O–H groups in total. The molecule has 1 heterocycles. The van der Waals surface area contributed by atoms with Gasteiger partial charge in [-0.05, 0) is 36.4 Å². The van der Waals surface area contributed by atoms with Gasteiger partial charge in [0.2, 0.25) is 0 Å². The first kappa shape index (κ1) is 20.0. The summed E-state index contributed by atoms with van der Waals surface area (Å²) in [4.78, 5) is 24.2. The monoisotopic (exact) mass is 395 g/mol. The minimum Gasteiger partial charge on any atom is -0.490 e. The van der Waals surface area contributed by atoms with Crippen LogP contribution in [0.3, 0.4) is 0 Å². The number of amides is 1. The van der Waals surface area contributed by atoms with Crippen LogP contribution in [0.2, 0.25) is 0 Å². The molecule has 7 heteroatoms. The molecule has 0 bridgehead atoms. The lowest BCUT2D eigenvalue weighted by Gasteiger charge is -2.12. The van der Waals surface area contributed by atoms with Crippen molar-refractivity contribution >= 4 is 11.9 Å². The van der Waals surface area contributed by atoms with Crippen molar-refractivity contribution < 1.29 is 28.2 Å². The van der Waals surface area contributed by atoms with Crippen molar-refractivity contribution in [1.82, 2.24) is 5.32 Å². The van der Waals surface area contributed by atoms with Crippen LogP contribution in [0.5, 0.6) is 11.5 Å². The third-order valence-electron chi connectivity index (χ3n) is 3.83. The van der Waals surface area contributed by atoms with Gasteiger partial charge in [0.05, 0.1) is 12.8 Å². The van der Waals surface area contributed by atoms with E-state index in [2.05, 4.69) is 5.32 Å². The van der Waals surface area contributed by atoms with Crippen molar-refractivity contribution in [3.05, 3.63) is 84.3 Å². The zero-order valence-electron chi connectivity index (χ0n) is 15.7. The van der Waals surface area contributed by atoms with Crippen LogP contribution < -0.4 is 14.8 Å². The topological polar surface area (TPSA) is 87.0 Å². The molecule has 0 saturated heterocycles. The van der Waals surface area contributed by atoms with Crippen LogP contribution in [0.15, 0.2) is 77.4 Å². The Balaban J connectivity index is 1.44. The first-order valence-corrected chi connectivity index (χ1v) is 9.08. The van der Waals surface area contributed by atoms with Crippen LogP contribution in [0, 0.1) is 0 Å². The highest BCUT2D eigenvalue weighted by Gasteiger charge is 2.15. The van der Waals surface area contributed by atoms with Gasteiger partial charge in [0, 0.05) is 0 Å². The maximum Gasteiger partial charge on any atom is 0.342 e. The predicted molar refractivity (Wildman–Crippen MR) is 105 cm³/mol. The van der Waals surface area contributed by atoms with Crippen molar-refractivity contribution in [3.63, 3.8) is 0 Å². The lowest BCUT2D eigenvalue weighted by Crippen LogP contribution is -2.28. The van der Waals surface area contributed by atoms with Gasteiger partial charge >= 0.3 is 5.97 Å². The van der Waals surface area contributed by atoms with E-state index in [0.29, 0.717) is 18.1 Å². The molecule has 3 rings (SSSR count). The van der Waals surface area contributed by atoms with E-state index < -0.39 is 18.5 Å². The molecule has 0 fully saturated rings. The maximum absolute atomic E-state index is 12.3. The molecule has 0 aliphatic heterocycles. The molecule has 0 aliphatic carbocycles. The van der Waals surface area contributed by atoms with E-state index in [9.17, 15) is 9.59 Å². The summed E-state index contributed by atoms with van der Waals surface area (Å²) in [6, 6.07) is 19.5. The lowest BCUT2D eigenvalue weighted by atomic mass is 10.2. The second-order valence-corrected chi connectivity index (χ2v) is 5.94. The number of benzene rings is 2. The molecule has 29 heavy (non-hydrogen) atoms. The van der Waals surface area contributed by atoms with Gasteiger partial charge in [-0.1, -0.05) is 30.3 Å². The van der Waals surface area contributed by atoms with Gasteiger partial charge in [0.1, 0.15) is 36.0 Å². The number of para-hydroxylation sites is 2. The van der Waals surface area contributed by atoms with Gasteiger partial charge < -0.3 is 23.9 Å². The molecule has 0 atom stereocenters. The summed E-state index contributed by atoms with van der Waals surface area (Å²) in [6.07, 6.45) is 1.52. The van der Waals surface area contributed by atoms with E-state index in [1.165, 1.54) is 6.26 Å². The Hall–Kier alpha value is -3.74. The second-order valence-electron chi connectivity index (χ2n) is 5.94. The molecule has 150 valence electrons. The smallest absolute Gasteiger partial charge is 0.342 e. The summed E-state index contributed by atoms with van der Waals surface area (Å²) in [5, 5.41) is 2.61. The second kappa shape index (κ2) is 10.6. The molecule has 3 aromatic rings. The average molecular weight is 395 g/mol. The zero-order valence-corrected chi connectivity index (χ0v) is 15.7. The predicted octanol–water partition coefficient (Wildman–Crippen LogP) is 3.21. The summed E-state index contributed by atoms with van der Waals surface area (Å²) in [5.41, 5.74) is 0.242. The van der Waals surface area contributed by atoms with Gasteiger partial charge in [-0.15, -0.1) is 0 Å². The van der Waals surface area contributed by atoms with Crippen molar-refractivity contribution in [2.45, 2.75) is 6.54 Å². The Bertz CT molecular complexity index is 908. The van der Waals surface area contributed by atoms with Gasteiger partial charge in [-0.25, -0.2) is 4.79 Å². The Labute approximate surface area is 168 Å². The number of nitrogens with one attached hydrogen (secondary N) is 1. The number of carbonyl (C=O) groups excluding carboxylic acids is 2. The molecule has 0 saturated carbocycles. The van der Waals surface area contributed by atoms with E-state index in [0.717, 1.165) is 5.75 Å². The van der Waals surface area contributed by atoms with E-state index in [1.807, 2.05) is 30.3 Å². The molecule has 2 aromatic carbocycles. The van der Waals surface area contributed by atoms with Crippen LogP contribution >= 0.6 is 0 Å². The number of esters is 1. The Morgan fingerprint density at radius 1 is 0.862 bits per heavy atom. The number of furan rings is 1. The number of ether oxygens (including phenoxy) is 3. The highest BCUT2D eigenvalue weighted by atomic mass is 16.5. The van der Waals surface area contributed by atoms with Crippen molar-refractivity contribution in [2.24, 2.45) is 0 Å². The van der Waals surface area contributed by atoms with E-state index in [-0.39, 0.29) is 18.7 Å². The fraction of sp³-hybridized carbons (Fsp3) is 0.182. The van der Waals surface area contributed by atoms with Crippen LogP contribution in [-0.4, -0.2) is 31.7 Å². The Morgan fingerprint density at radius 3 is 2.41 bits per heavy atom. The largest absolute Gasteiger partial charge is 0.490 e. The SMILES string of the molecule is O=C(COC(=O)c1ccccc1OCCOc1ccccc1)NCc1ccco1. The average Bonchev–Trinajstić information content (AvgIpc) is 3.28. The number of carbonyl (C=O) groups is 2. The highest BCUT2D eigenvalue weighted by Crippen LogP contribution is 2.19. The molecule has 0 radical (unpaired) electrons. The third kappa shape index (κ3) is 6.42. The lowest BCUT2D eigenvalue weighted by molar-refractivity contribution is -0.124. The minimum atomic E-state index is -0.641. The van der Waals surface area contributed by atoms with Crippen molar-refractivity contribution in [3.8, 4) is 11.5 Å². The number of hydrogen-bond acceptors (Lipinski definition) is 6. The van der Waals surface area contributed by atoms with E-state index >= 15 is 0 Å². The Kier molecular flexibility index (Phi) is 7.28. The maximum atomic E-state index is 12.3. The quantitative estimate of drug-likeness (QED) is 0.419. The van der Waals surface area contributed by atoms with Crippen molar-refractivity contribution in [2.75, 3.05) is 19.8 Å². The molecule has 7 nitrogen and oxygen atoms in total. The molecule has 0 spiro atoms. The highest BCUT2D eigenvalue weighted by molar-refractivity contribution is 5.93. The first-order chi connectivity index (χ1) is 14.2. The van der Waals surface area contributed by atoms with Gasteiger partial charge in [-0.3, -0.25) is 4.79 Å². The van der Waals surface area contributed by atoms with E-state index in [1.54, 1.807) is 36.4 Å². The van der Waals surface area contributed by atoms with Crippen molar-refractivity contribution in [1.29, 1.82) is 0 Å². The Morgan fingerprint density at radius 2 is 1.62 bits per heavy atom. The van der Waals surface area contributed by atoms with Crippen LogP contribution in [0.25, 0.3) is 0 Å². The van der Waals surface area contributed by atoms with Crippen LogP contribution in [0.1, 0.15) is 16.1 Å². The summed E-state index contributed by atoms with van der Waals surface area (Å²) in [5.74, 6) is 0.651. The summed E-state index contributed by atoms with van der Waals surface area (Å²) in [7, 11) is 0. The number of hydrogen-bond donors (Lipinski definition) is 1. The summed E-state index contributed by atoms with van der Waals surface area (Å²) < 4.78 is 21.4. The van der Waals surface area contributed by atoms with Gasteiger partial charge in [0.25, 0.3) is 5.91 Å². The molecule has 0 unspecified atom stereocenters. The minimum absolute atomic E-state index is 0.227. The molecular formula is C22H21NO6. The molecule has 0 aliphatic rings. The van der Waals surface area contributed by atoms with Crippen LogP contribution in [0.4, 0.5) is 0 Å². The molecular weight excluding hydrogens is 374 g/mol. The fourth-order valence-electron chi connectivity index (χ4n) is 2.45. The molecule has 1 aromatic heterocycles. The summed E-state index contributed by atoms with van der Waals surface area (Å²) >= 11 is 0. The normalized spacial score (nSPS) is 10.2. The zero-order chi connectivity index (χ0) is 20.3. The number of rotatable bonds is 10. The first-order valence-electron chi connectivity index (χ1n) is 9.08. The molecule has 1 amide bonds. The van der Waals surface area contributed by atoms with Crippen LogP contribution in [-0.2, 0) is 16.1 Å². The van der Waals surface area contributed by atoms with Gasteiger partial charge in [-0.2, -0.15) is 0 Å². The fourth-order valence-corrected chi connectivity index (χ4v) is 2.45. The standard InChI is InChI=1S/C22H21NO6/c24-21(23-15-18-9-6-12-26-18)16-29-22(25)19-10-4-5-11-20(19)28-14-13-27-17-7-2-1-3-8-17/h1-12H,13-16H2,(H,23,24). The van der Waals surface area contributed by atoms with E-state index in [4.69, 9.17) is 18.6 Å². The van der Waals surface area contributed by atoms with Gasteiger partial charge in [0.15, 0.2) is 6.61 Å². The third-order valence-corrected chi connectivity index (χ3v) is 3.83.